The zero-order valence-corrected chi connectivity index (χ0v) is 17.3. The Hall–Kier alpha value is -2.57. The van der Waals surface area contributed by atoms with Crippen LogP contribution in [-0.2, 0) is 0 Å². The molecule has 6 heteroatoms. The van der Waals surface area contributed by atoms with Crippen LogP contribution in [-0.4, -0.2) is 26.7 Å². The highest BCUT2D eigenvalue weighted by atomic mass is 79.9. The smallest absolute Gasteiger partial charge is 0.174 e. The Morgan fingerprint density at radius 2 is 1.61 bits per heavy atom. The molecule has 0 unspecified atom stereocenters. The van der Waals surface area contributed by atoms with Crippen LogP contribution in [0.4, 0.5) is 0 Å². The van der Waals surface area contributed by atoms with Gasteiger partial charge in [0, 0.05) is 15.6 Å². The van der Waals surface area contributed by atoms with E-state index in [0.717, 1.165) is 48.7 Å². The summed E-state index contributed by atoms with van der Waals surface area (Å²) in [7, 11) is 0. The minimum absolute atomic E-state index is 0.606. The molecule has 28 heavy (non-hydrogen) atoms. The molecule has 5 rings (SSSR count). The van der Waals surface area contributed by atoms with E-state index in [1.165, 1.54) is 0 Å². The normalized spacial score (nSPS) is 11.5. The first-order valence-corrected chi connectivity index (χ1v) is 10.7. The molecule has 3 aromatic carbocycles. The fourth-order valence-electron chi connectivity index (χ4n) is 3.23. The second-order valence-electron chi connectivity index (χ2n) is 6.32. The molecule has 0 aliphatic heterocycles. The maximum Gasteiger partial charge on any atom is 0.174 e. The van der Waals surface area contributed by atoms with E-state index in [1.807, 2.05) is 60.7 Å². The van der Waals surface area contributed by atoms with Crippen molar-refractivity contribution in [3.8, 4) is 5.75 Å². The van der Waals surface area contributed by atoms with Crippen molar-refractivity contribution in [3.05, 3.63) is 77.3 Å². The molecule has 0 spiro atoms. The van der Waals surface area contributed by atoms with Crippen molar-refractivity contribution < 1.29 is 4.74 Å². The van der Waals surface area contributed by atoms with E-state index < -0.39 is 0 Å². The maximum absolute atomic E-state index is 5.86. The number of aromatic nitrogens is 3. The van der Waals surface area contributed by atoms with Gasteiger partial charge in [-0.1, -0.05) is 52.0 Å². The second-order valence-corrected chi connectivity index (χ2v) is 8.30. The number of ether oxygens (including phenoxy) is 1. The van der Waals surface area contributed by atoms with E-state index in [0.29, 0.717) is 6.61 Å². The lowest BCUT2D eigenvalue weighted by Crippen LogP contribution is -2.03. The van der Waals surface area contributed by atoms with Crippen LogP contribution in [0.1, 0.15) is 0 Å². The Labute approximate surface area is 174 Å². The molecule has 0 bridgehead atoms. The van der Waals surface area contributed by atoms with Crippen molar-refractivity contribution in [2.45, 2.75) is 5.16 Å². The van der Waals surface area contributed by atoms with Gasteiger partial charge in [-0.15, -0.1) is 0 Å². The summed E-state index contributed by atoms with van der Waals surface area (Å²) in [5.74, 6) is 1.66. The van der Waals surface area contributed by atoms with Crippen LogP contribution < -0.4 is 4.74 Å². The minimum Gasteiger partial charge on any atom is -0.493 e. The Bertz CT molecular complexity index is 1280. The number of para-hydroxylation sites is 3. The predicted molar refractivity (Wildman–Crippen MR) is 118 cm³/mol. The van der Waals surface area contributed by atoms with Gasteiger partial charge in [-0.2, -0.15) is 0 Å². The first kappa shape index (κ1) is 17.5. The van der Waals surface area contributed by atoms with Crippen molar-refractivity contribution in [1.29, 1.82) is 0 Å². The molecule has 4 nitrogen and oxygen atoms in total. The third-order valence-electron chi connectivity index (χ3n) is 4.51. The summed E-state index contributed by atoms with van der Waals surface area (Å²) in [6.07, 6.45) is 0. The number of halogens is 1. The van der Waals surface area contributed by atoms with E-state index in [1.54, 1.807) is 11.8 Å². The van der Waals surface area contributed by atoms with Gasteiger partial charge < -0.3 is 4.74 Å². The molecule has 0 aliphatic rings. The minimum atomic E-state index is 0.606. The lowest BCUT2D eigenvalue weighted by atomic mass is 10.2. The van der Waals surface area contributed by atoms with Gasteiger partial charge in [-0.3, -0.25) is 4.40 Å². The van der Waals surface area contributed by atoms with Gasteiger partial charge in [0.15, 0.2) is 5.16 Å². The Balaban J connectivity index is 1.48. The summed E-state index contributed by atoms with van der Waals surface area (Å²) < 4.78 is 9.06. The van der Waals surface area contributed by atoms with Crippen molar-refractivity contribution >= 4 is 55.3 Å². The summed E-state index contributed by atoms with van der Waals surface area (Å²) in [4.78, 5) is 9.77. The predicted octanol–water partition coefficient (Wildman–Crippen LogP) is 5.97. The number of hydrogen-bond acceptors (Lipinski definition) is 4. The molecule has 0 saturated carbocycles. The van der Waals surface area contributed by atoms with Gasteiger partial charge in [0.25, 0.3) is 0 Å². The van der Waals surface area contributed by atoms with Gasteiger partial charge >= 0.3 is 0 Å². The van der Waals surface area contributed by atoms with Crippen LogP contribution in [0.3, 0.4) is 0 Å². The molecule has 5 aromatic rings. The molecule has 2 aromatic heterocycles. The fraction of sp³-hybridized carbons (Fsp3) is 0.0909. The van der Waals surface area contributed by atoms with Gasteiger partial charge in [0.05, 0.1) is 23.2 Å². The Kier molecular flexibility index (Phi) is 4.66. The van der Waals surface area contributed by atoms with Crippen LogP contribution >= 0.6 is 27.7 Å². The quantitative estimate of drug-likeness (QED) is 0.188. The van der Waals surface area contributed by atoms with Crippen molar-refractivity contribution in [1.82, 2.24) is 14.4 Å². The van der Waals surface area contributed by atoms with Crippen LogP contribution in [0.2, 0.25) is 0 Å². The highest BCUT2D eigenvalue weighted by Crippen LogP contribution is 2.29. The standard InChI is InChI=1S/C22H16BrN3OS/c23-15-9-11-16(12-10-15)27-13-14-28-22-25-18-6-2-1-5-17(18)21-24-19-7-3-4-8-20(19)26(21)22/h1-12H,13-14H2. The van der Waals surface area contributed by atoms with Crippen LogP contribution in [0.25, 0.3) is 27.6 Å². The number of thioether (sulfide) groups is 1. The summed E-state index contributed by atoms with van der Waals surface area (Å²) in [6, 6.07) is 24.2. The van der Waals surface area contributed by atoms with Crippen LogP contribution in [0.5, 0.6) is 5.75 Å². The lowest BCUT2D eigenvalue weighted by Gasteiger charge is -2.09. The third kappa shape index (κ3) is 3.23. The molecule has 2 heterocycles. The van der Waals surface area contributed by atoms with E-state index in [2.05, 4.69) is 32.5 Å². The molecule has 0 amide bonds. The highest BCUT2D eigenvalue weighted by Gasteiger charge is 2.13. The zero-order valence-electron chi connectivity index (χ0n) is 14.9. The number of hydrogen-bond donors (Lipinski definition) is 0. The zero-order chi connectivity index (χ0) is 18.9. The molecule has 0 atom stereocenters. The molecule has 0 aliphatic carbocycles. The molecule has 0 saturated heterocycles. The Morgan fingerprint density at radius 1 is 0.857 bits per heavy atom. The third-order valence-corrected chi connectivity index (χ3v) is 5.94. The maximum atomic E-state index is 5.86. The average molecular weight is 450 g/mol. The van der Waals surface area contributed by atoms with E-state index >= 15 is 0 Å². The largest absolute Gasteiger partial charge is 0.493 e. The van der Waals surface area contributed by atoms with E-state index in [9.17, 15) is 0 Å². The first-order valence-electron chi connectivity index (χ1n) is 8.97. The van der Waals surface area contributed by atoms with Gasteiger partial charge in [0.1, 0.15) is 11.4 Å². The SMILES string of the molecule is Brc1ccc(OCCSc2nc3ccccc3c3nc4ccccc4n23)cc1. The molecule has 0 fully saturated rings. The monoisotopic (exact) mass is 449 g/mol. The van der Waals surface area contributed by atoms with Crippen molar-refractivity contribution in [2.75, 3.05) is 12.4 Å². The first-order chi connectivity index (χ1) is 13.8. The Morgan fingerprint density at radius 3 is 2.46 bits per heavy atom. The average Bonchev–Trinajstić information content (AvgIpc) is 3.12. The van der Waals surface area contributed by atoms with Crippen LogP contribution in [0, 0.1) is 0 Å². The number of benzene rings is 3. The van der Waals surface area contributed by atoms with Gasteiger partial charge in [-0.25, -0.2) is 9.97 Å². The summed E-state index contributed by atoms with van der Waals surface area (Å²) >= 11 is 5.12. The van der Waals surface area contributed by atoms with E-state index in [4.69, 9.17) is 14.7 Å². The molecular formula is C22H16BrN3OS. The number of rotatable bonds is 5. The molecule has 138 valence electrons. The number of imidazole rings is 1. The summed E-state index contributed by atoms with van der Waals surface area (Å²) in [5, 5.41) is 2.00. The summed E-state index contributed by atoms with van der Waals surface area (Å²) in [6.45, 7) is 0.606. The van der Waals surface area contributed by atoms with Gasteiger partial charge in [-0.05, 0) is 48.5 Å². The number of fused-ring (bicyclic) bond motifs is 5. The summed E-state index contributed by atoms with van der Waals surface area (Å²) in [5.41, 5.74) is 3.96. The fourth-order valence-corrected chi connectivity index (χ4v) is 4.32. The molecular weight excluding hydrogens is 434 g/mol. The lowest BCUT2D eigenvalue weighted by molar-refractivity contribution is 0.344. The highest BCUT2D eigenvalue weighted by molar-refractivity contribution is 9.10. The molecule has 0 N–H and O–H groups in total. The second kappa shape index (κ2) is 7.45. The topological polar surface area (TPSA) is 39.4 Å². The van der Waals surface area contributed by atoms with Gasteiger partial charge in [0.2, 0.25) is 0 Å². The molecule has 0 radical (unpaired) electrons. The van der Waals surface area contributed by atoms with E-state index in [-0.39, 0.29) is 0 Å². The van der Waals surface area contributed by atoms with Crippen LogP contribution in [0.15, 0.2) is 82.4 Å². The van der Waals surface area contributed by atoms with Crippen molar-refractivity contribution in [3.63, 3.8) is 0 Å². The number of nitrogens with zero attached hydrogens (tertiary/aromatic N) is 3. The van der Waals surface area contributed by atoms with Crippen molar-refractivity contribution in [2.24, 2.45) is 0 Å².